The molecule has 1 aromatic carbocycles. The first-order valence-electron chi connectivity index (χ1n) is 30.7. The highest BCUT2D eigenvalue weighted by molar-refractivity contribution is 7.14. The third-order valence-corrected chi connectivity index (χ3v) is 20.8. The van der Waals surface area contributed by atoms with Gasteiger partial charge in [-0.2, -0.15) is 0 Å². The quantitative estimate of drug-likeness (QED) is 0.0467. The highest BCUT2D eigenvalue weighted by Crippen LogP contribution is 2.51. The average molecular weight is 1170 g/mol. The molecule has 4 aliphatic heterocycles. The maximum absolute atomic E-state index is 15.0. The number of hydrogen-bond acceptors (Lipinski definition) is 8. The number of amides is 4. The number of fused-ring (bicyclic) bond motifs is 2. The molecule has 0 radical (unpaired) electrons. The van der Waals surface area contributed by atoms with Crippen LogP contribution < -0.4 is 0 Å². The van der Waals surface area contributed by atoms with Crippen molar-refractivity contribution in [3.8, 4) is 23.7 Å². The van der Waals surface area contributed by atoms with E-state index in [2.05, 4.69) is 79.1 Å². The van der Waals surface area contributed by atoms with E-state index in [9.17, 15) is 19.2 Å². The lowest BCUT2D eigenvalue weighted by molar-refractivity contribution is -0.124. The summed E-state index contributed by atoms with van der Waals surface area (Å²) in [7, 11) is 0. The second kappa shape index (κ2) is 28.5. The fourth-order valence-corrected chi connectivity index (χ4v) is 15.4. The minimum Gasteiger partial charge on any atom is -0.306 e. The summed E-state index contributed by atoms with van der Waals surface area (Å²) in [4.78, 5) is 73.1. The van der Waals surface area contributed by atoms with Gasteiger partial charge in [-0.1, -0.05) is 168 Å². The van der Waals surface area contributed by atoms with E-state index in [4.69, 9.17) is 0 Å². The summed E-state index contributed by atoms with van der Waals surface area (Å²) >= 11 is 6.26. The highest BCUT2D eigenvalue weighted by atomic mass is 32.1. The molecule has 8 nitrogen and oxygen atoms in total. The van der Waals surface area contributed by atoms with Gasteiger partial charge in [0, 0.05) is 37.3 Å². The predicted octanol–water partition coefficient (Wildman–Crippen LogP) is 17.2. The van der Waals surface area contributed by atoms with Crippen molar-refractivity contribution in [2.45, 2.75) is 158 Å². The molecule has 0 saturated carbocycles. The monoisotopic (exact) mass is 1170 g/mol. The van der Waals surface area contributed by atoms with Gasteiger partial charge in [0.2, 0.25) is 0 Å². The van der Waals surface area contributed by atoms with Crippen LogP contribution in [0, 0.1) is 47.4 Å². The molecular formula is C70H82N4O4S4. The summed E-state index contributed by atoms with van der Waals surface area (Å²) in [5, 5.41) is 4.07. The largest absolute Gasteiger partial charge is 0.306 e. The van der Waals surface area contributed by atoms with Crippen LogP contribution in [-0.4, -0.2) is 69.4 Å². The summed E-state index contributed by atoms with van der Waals surface area (Å²) in [6.07, 6.45) is 16.8. The van der Waals surface area contributed by atoms with Gasteiger partial charge in [-0.25, -0.2) is 0 Å². The van der Waals surface area contributed by atoms with Crippen LogP contribution in [0.2, 0.25) is 0 Å². The molecule has 0 N–H and O–H groups in total. The fraction of sp³-hybridized carbons (Fsp3) is 0.457. The first-order valence-corrected chi connectivity index (χ1v) is 34.1. The number of hydrogen-bond donors (Lipinski definition) is 0. The molecule has 8 heterocycles. The topological polar surface area (TPSA) is 81.2 Å². The maximum Gasteiger partial charge on any atom is 0.261 e. The number of carbonyl (C=O) groups is 4. The molecule has 0 aliphatic carbocycles. The zero-order valence-corrected chi connectivity index (χ0v) is 52.9. The van der Waals surface area contributed by atoms with Gasteiger partial charge < -0.3 is 19.6 Å². The molecule has 4 aromatic heterocycles. The lowest BCUT2D eigenvalue weighted by atomic mass is 9.98. The molecule has 0 fully saturated rings. The van der Waals surface area contributed by atoms with Gasteiger partial charge in [0.05, 0.1) is 74.3 Å². The van der Waals surface area contributed by atoms with Crippen LogP contribution in [0.5, 0.6) is 0 Å². The molecule has 0 bridgehead atoms. The Morgan fingerprint density at radius 3 is 0.915 bits per heavy atom. The molecule has 4 aliphatic rings. The van der Waals surface area contributed by atoms with Crippen molar-refractivity contribution in [1.82, 2.24) is 19.6 Å². The Balaban J connectivity index is 0.989. The Labute approximate surface area is 505 Å². The van der Waals surface area contributed by atoms with Crippen molar-refractivity contribution in [1.29, 1.82) is 0 Å². The second-order valence-corrected chi connectivity index (χ2v) is 26.6. The number of rotatable bonds is 28. The fourth-order valence-electron chi connectivity index (χ4n) is 12.0. The summed E-state index contributed by atoms with van der Waals surface area (Å²) < 4.78 is 0. The summed E-state index contributed by atoms with van der Waals surface area (Å²) in [6.45, 7) is 20.0. The van der Waals surface area contributed by atoms with Crippen molar-refractivity contribution < 1.29 is 19.2 Å². The molecule has 82 heavy (non-hydrogen) atoms. The minimum absolute atomic E-state index is 0.0669. The maximum atomic E-state index is 15.0. The Bertz CT molecular complexity index is 3120. The van der Waals surface area contributed by atoms with E-state index < -0.39 is 0 Å². The van der Waals surface area contributed by atoms with Crippen molar-refractivity contribution >= 4 is 91.8 Å². The van der Waals surface area contributed by atoms with Crippen LogP contribution >= 0.6 is 45.3 Å². The van der Waals surface area contributed by atoms with E-state index in [0.29, 0.717) is 72.1 Å². The van der Waals surface area contributed by atoms with Gasteiger partial charge >= 0.3 is 0 Å². The smallest absolute Gasteiger partial charge is 0.261 e. The van der Waals surface area contributed by atoms with Crippen LogP contribution in [0.3, 0.4) is 0 Å². The molecule has 430 valence electrons. The molecule has 12 heteroatoms. The first-order chi connectivity index (χ1) is 40.0. The Kier molecular flexibility index (Phi) is 21.1. The van der Waals surface area contributed by atoms with E-state index in [1.807, 2.05) is 103 Å². The number of thiophene rings is 4. The number of nitrogens with zero attached hydrogens (tertiary/aromatic N) is 4. The number of unbranched alkanes of at least 4 members (excludes halogenated alkanes) is 4. The van der Waals surface area contributed by atoms with Crippen molar-refractivity contribution in [2.24, 2.45) is 23.7 Å². The van der Waals surface area contributed by atoms with Gasteiger partial charge in [0.15, 0.2) is 0 Å². The molecular weight excluding hydrogens is 1090 g/mol. The molecule has 0 spiro atoms. The Morgan fingerprint density at radius 1 is 0.366 bits per heavy atom. The summed E-state index contributed by atoms with van der Waals surface area (Å²) in [6, 6.07) is 24.2. The van der Waals surface area contributed by atoms with Gasteiger partial charge in [0.25, 0.3) is 23.6 Å². The van der Waals surface area contributed by atoms with E-state index in [1.54, 1.807) is 22.7 Å². The number of carbonyl (C=O) groups excluding carboxylic acids is 4. The SMILES string of the molecule is CCCCC(CC)CN1C(=O)C2=C(c3ccc(C#Cc4ccc(C#Cc5ccc(C6=C7C(=O)N(CC(CC)CCCC)C(c8cccs8)=C7C(=O)N6CC(CC)CCCC)s5)cc4)s3)N(CC(CC)CCCC)C(=O)C2=C1c1cccs1. The Morgan fingerprint density at radius 2 is 0.659 bits per heavy atom. The lowest BCUT2D eigenvalue weighted by Gasteiger charge is -2.29. The molecule has 4 atom stereocenters. The summed E-state index contributed by atoms with van der Waals surface area (Å²) in [5.41, 5.74) is 6.91. The average Bonchev–Trinajstić information content (AvgIpc) is 3.56. The van der Waals surface area contributed by atoms with Crippen LogP contribution in [0.4, 0.5) is 0 Å². The lowest BCUT2D eigenvalue weighted by Crippen LogP contribution is -2.34. The van der Waals surface area contributed by atoms with E-state index in [1.165, 1.54) is 22.7 Å². The van der Waals surface area contributed by atoms with E-state index in [-0.39, 0.29) is 23.6 Å². The van der Waals surface area contributed by atoms with E-state index >= 15 is 0 Å². The first kappa shape index (κ1) is 60.6. The zero-order valence-electron chi connectivity index (χ0n) is 49.6. The van der Waals surface area contributed by atoms with Crippen molar-refractivity contribution in [3.05, 3.63) is 146 Å². The standard InChI is InChI=1S/C70H82N4O4S4/c1-9-17-23-47(13-5)43-71-63(55-27-21-41-79-55)59-61(69(71)77)65(73(67(59)75)45-49(15-7)25-19-11-3)57-39-37-53(81-57)35-33-51-29-31-52(32-30-51)34-36-54-38-40-58(82-54)66-62-60(68(76)74(66)46-50(16-8)26-20-12-4)64(56-28-22-42-80-56)72(70(62)78)44-48(14-6)24-18-10-2/h21-22,27-32,37-42,47-50H,9-20,23-26,43-46H2,1-8H3. The van der Waals surface area contributed by atoms with Gasteiger partial charge in [-0.15, -0.1) is 45.3 Å². The van der Waals surface area contributed by atoms with Crippen LogP contribution in [0.1, 0.15) is 199 Å². The summed E-state index contributed by atoms with van der Waals surface area (Å²) in [5.74, 6) is 14.6. The highest BCUT2D eigenvalue weighted by Gasteiger charge is 2.51. The molecule has 4 unspecified atom stereocenters. The zero-order chi connectivity index (χ0) is 57.9. The van der Waals surface area contributed by atoms with E-state index in [0.717, 1.165) is 166 Å². The van der Waals surface area contributed by atoms with Crippen LogP contribution in [-0.2, 0) is 19.2 Å². The number of benzene rings is 1. The molecule has 4 amide bonds. The minimum atomic E-state index is -0.0669. The van der Waals surface area contributed by atoms with Gasteiger partial charge in [-0.05, 0) is 121 Å². The molecule has 9 rings (SSSR count). The molecule has 0 saturated heterocycles. The van der Waals surface area contributed by atoms with Gasteiger partial charge in [-0.3, -0.25) is 19.2 Å². The van der Waals surface area contributed by atoms with Crippen molar-refractivity contribution in [3.63, 3.8) is 0 Å². The molecule has 5 aromatic rings. The third-order valence-electron chi connectivity index (χ3n) is 17.0. The Hall–Kier alpha value is -6.02. The predicted molar refractivity (Wildman–Crippen MR) is 343 cm³/mol. The van der Waals surface area contributed by atoms with Gasteiger partial charge in [0.1, 0.15) is 0 Å². The van der Waals surface area contributed by atoms with Crippen LogP contribution in [0.25, 0.3) is 22.8 Å². The van der Waals surface area contributed by atoms with Crippen LogP contribution in [0.15, 0.2) is 106 Å². The second-order valence-electron chi connectivity index (χ2n) is 22.6. The normalized spacial score (nSPS) is 16.7. The van der Waals surface area contributed by atoms with Crippen molar-refractivity contribution in [2.75, 3.05) is 26.2 Å². The third kappa shape index (κ3) is 13.0.